The van der Waals surface area contributed by atoms with Gasteiger partial charge in [0.15, 0.2) is 11.5 Å². The van der Waals surface area contributed by atoms with Crippen LogP contribution in [-0.2, 0) is 6.42 Å². The van der Waals surface area contributed by atoms with Gasteiger partial charge < -0.3 is 14.8 Å². The molecule has 0 bridgehead atoms. The molecule has 1 aromatic carbocycles. The van der Waals surface area contributed by atoms with Crippen molar-refractivity contribution in [1.29, 1.82) is 0 Å². The minimum Gasteiger partial charge on any atom is -0.493 e. The molecular weight excluding hydrogens is 396 g/mol. The van der Waals surface area contributed by atoms with E-state index in [1.165, 1.54) is 0 Å². The number of thiophene rings is 1. The molecule has 0 saturated heterocycles. The monoisotopic (exact) mass is 418 g/mol. The number of aromatic nitrogens is 3. The summed E-state index contributed by atoms with van der Waals surface area (Å²) in [6.07, 6.45) is 6.27. The van der Waals surface area contributed by atoms with Gasteiger partial charge >= 0.3 is 0 Å². The van der Waals surface area contributed by atoms with E-state index in [9.17, 15) is 0 Å². The van der Waals surface area contributed by atoms with Crippen molar-refractivity contribution in [2.45, 2.75) is 6.42 Å². The lowest BCUT2D eigenvalue weighted by atomic mass is 10.1. The maximum atomic E-state index is 5.38. The molecule has 30 heavy (non-hydrogen) atoms. The van der Waals surface area contributed by atoms with Crippen LogP contribution in [0, 0.1) is 0 Å². The Labute approximate surface area is 179 Å². The van der Waals surface area contributed by atoms with Crippen molar-refractivity contribution in [3.63, 3.8) is 0 Å². The molecule has 0 amide bonds. The molecule has 0 spiro atoms. The van der Waals surface area contributed by atoms with E-state index in [2.05, 4.69) is 26.7 Å². The predicted octanol–water partition coefficient (Wildman–Crippen LogP) is 4.94. The van der Waals surface area contributed by atoms with Crippen LogP contribution < -0.4 is 14.8 Å². The van der Waals surface area contributed by atoms with Crippen molar-refractivity contribution < 1.29 is 9.47 Å². The topological polar surface area (TPSA) is 69.2 Å². The highest BCUT2D eigenvalue weighted by atomic mass is 32.1. The summed E-state index contributed by atoms with van der Waals surface area (Å²) >= 11 is 1.67. The molecule has 0 saturated carbocycles. The molecule has 0 fully saturated rings. The number of benzene rings is 1. The molecule has 4 aromatic rings. The quantitative estimate of drug-likeness (QED) is 0.437. The van der Waals surface area contributed by atoms with E-state index in [1.54, 1.807) is 31.8 Å². The van der Waals surface area contributed by atoms with Crippen LogP contribution in [0.3, 0.4) is 0 Å². The van der Waals surface area contributed by atoms with E-state index in [0.29, 0.717) is 12.5 Å². The molecule has 0 atom stereocenters. The first-order chi connectivity index (χ1) is 14.8. The first-order valence-electron chi connectivity index (χ1n) is 9.54. The van der Waals surface area contributed by atoms with Crippen LogP contribution in [0.25, 0.3) is 21.7 Å². The Morgan fingerprint density at radius 3 is 2.63 bits per heavy atom. The van der Waals surface area contributed by atoms with E-state index in [-0.39, 0.29) is 0 Å². The first-order valence-corrected chi connectivity index (χ1v) is 10.4. The molecule has 3 aromatic heterocycles. The lowest BCUT2D eigenvalue weighted by Crippen LogP contribution is -2.09. The molecule has 0 radical (unpaired) electrons. The summed E-state index contributed by atoms with van der Waals surface area (Å²) in [4.78, 5) is 14.7. The molecule has 6 nitrogen and oxygen atoms in total. The number of nitrogens with zero attached hydrogens (tertiary/aromatic N) is 3. The van der Waals surface area contributed by atoms with Crippen LogP contribution in [0.5, 0.6) is 11.5 Å². The molecule has 3 heterocycles. The van der Waals surface area contributed by atoms with Gasteiger partial charge in [0.2, 0.25) is 5.95 Å². The zero-order chi connectivity index (χ0) is 20.8. The summed E-state index contributed by atoms with van der Waals surface area (Å²) in [6.45, 7) is 0.695. The number of nitrogens with one attached hydrogen (secondary N) is 1. The fraction of sp³-hybridized carbons (Fsp3) is 0.174. The highest BCUT2D eigenvalue weighted by molar-refractivity contribution is 7.13. The van der Waals surface area contributed by atoms with Crippen molar-refractivity contribution in [3.8, 4) is 33.2 Å². The van der Waals surface area contributed by atoms with Gasteiger partial charge in [-0.1, -0.05) is 12.1 Å². The van der Waals surface area contributed by atoms with E-state index < -0.39 is 0 Å². The second-order valence-electron chi connectivity index (χ2n) is 6.54. The third-order valence-corrected chi connectivity index (χ3v) is 5.56. The molecular formula is C23H22N4O2S. The van der Waals surface area contributed by atoms with Crippen LogP contribution in [0.2, 0.25) is 0 Å². The SMILES string of the molecule is COc1ccc(CCNc2ncc(-c3cccs3)c(-c3cccnc3)n2)cc1OC. The molecule has 1 N–H and O–H groups in total. The molecule has 0 unspecified atom stereocenters. The van der Waals surface area contributed by atoms with Gasteiger partial charge in [0, 0.05) is 41.1 Å². The average Bonchev–Trinajstić information content (AvgIpc) is 3.34. The van der Waals surface area contributed by atoms with Crippen LogP contribution in [0.15, 0.2) is 66.4 Å². The highest BCUT2D eigenvalue weighted by Gasteiger charge is 2.13. The third kappa shape index (κ3) is 4.41. The Balaban J connectivity index is 1.53. The second-order valence-corrected chi connectivity index (χ2v) is 7.49. The van der Waals surface area contributed by atoms with E-state index >= 15 is 0 Å². The Bertz CT molecular complexity index is 1100. The number of hydrogen-bond donors (Lipinski definition) is 1. The maximum Gasteiger partial charge on any atom is 0.223 e. The van der Waals surface area contributed by atoms with Crippen LogP contribution in [-0.4, -0.2) is 35.7 Å². The summed E-state index contributed by atoms with van der Waals surface area (Å²) < 4.78 is 10.7. The predicted molar refractivity (Wildman–Crippen MR) is 120 cm³/mol. The zero-order valence-electron chi connectivity index (χ0n) is 16.8. The van der Waals surface area contributed by atoms with Crippen molar-refractivity contribution in [3.05, 3.63) is 72.0 Å². The molecule has 0 aliphatic heterocycles. The van der Waals surface area contributed by atoms with Gasteiger partial charge in [-0.2, -0.15) is 0 Å². The van der Waals surface area contributed by atoms with Gasteiger partial charge in [-0.15, -0.1) is 11.3 Å². The average molecular weight is 419 g/mol. The lowest BCUT2D eigenvalue weighted by molar-refractivity contribution is 0.354. The van der Waals surface area contributed by atoms with Gasteiger partial charge in [0.05, 0.1) is 19.9 Å². The Hall–Kier alpha value is -3.45. The molecule has 0 aliphatic rings. The van der Waals surface area contributed by atoms with Gasteiger partial charge in [-0.3, -0.25) is 4.98 Å². The van der Waals surface area contributed by atoms with E-state index in [0.717, 1.165) is 45.2 Å². The fourth-order valence-electron chi connectivity index (χ4n) is 3.16. The van der Waals surface area contributed by atoms with Crippen molar-refractivity contribution in [2.24, 2.45) is 0 Å². The normalized spacial score (nSPS) is 10.6. The standard InChI is InChI=1S/C23H22N4O2S/c1-28-19-8-7-16(13-20(19)29-2)9-11-25-23-26-15-18(21-6-4-12-30-21)22(27-23)17-5-3-10-24-14-17/h3-8,10,12-15H,9,11H2,1-2H3,(H,25,26,27). The summed E-state index contributed by atoms with van der Waals surface area (Å²) in [5.74, 6) is 2.04. The highest BCUT2D eigenvalue weighted by Crippen LogP contribution is 2.33. The number of pyridine rings is 1. The largest absolute Gasteiger partial charge is 0.493 e. The van der Waals surface area contributed by atoms with E-state index in [4.69, 9.17) is 14.5 Å². The van der Waals surface area contributed by atoms with Crippen molar-refractivity contribution >= 4 is 17.3 Å². The van der Waals surface area contributed by atoms with Gasteiger partial charge in [-0.05, 0) is 47.7 Å². The first kappa shape index (κ1) is 19.8. The van der Waals surface area contributed by atoms with Gasteiger partial charge in [0.1, 0.15) is 0 Å². The minimum atomic E-state index is 0.592. The summed E-state index contributed by atoms with van der Waals surface area (Å²) in [5.41, 5.74) is 3.98. The summed E-state index contributed by atoms with van der Waals surface area (Å²) in [5, 5.41) is 5.38. The van der Waals surface area contributed by atoms with Crippen LogP contribution in [0.1, 0.15) is 5.56 Å². The number of methoxy groups -OCH3 is 2. The van der Waals surface area contributed by atoms with Gasteiger partial charge in [0.25, 0.3) is 0 Å². The second kappa shape index (κ2) is 9.37. The van der Waals surface area contributed by atoms with Crippen molar-refractivity contribution in [2.75, 3.05) is 26.1 Å². The molecule has 152 valence electrons. The van der Waals surface area contributed by atoms with Gasteiger partial charge in [-0.25, -0.2) is 9.97 Å². The Kier molecular flexibility index (Phi) is 6.20. The smallest absolute Gasteiger partial charge is 0.223 e. The summed E-state index contributed by atoms with van der Waals surface area (Å²) in [7, 11) is 3.28. The summed E-state index contributed by atoms with van der Waals surface area (Å²) in [6, 6.07) is 14.0. The number of hydrogen-bond acceptors (Lipinski definition) is 7. The van der Waals surface area contributed by atoms with E-state index in [1.807, 2.05) is 48.8 Å². The Morgan fingerprint density at radius 1 is 1.00 bits per heavy atom. The molecule has 4 rings (SSSR count). The molecule has 7 heteroatoms. The third-order valence-electron chi connectivity index (χ3n) is 4.66. The van der Waals surface area contributed by atoms with Crippen LogP contribution >= 0.6 is 11.3 Å². The number of ether oxygens (including phenoxy) is 2. The number of anilines is 1. The maximum absolute atomic E-state index is 5.38. The van der Waals surface area contributed by atoms with Crippen molar-refractivity contribution in [1.82, 2.24) is 15.0 Å². The fourth-order valence-corrected chi connectivity index (χ4v) is 3.89. The Morgan fingerprint density at radius 2 is 1.90 bits per heavy atom. The molecule has 0 aliphatic carbocycles. The number of rotatable bonds is 8. The lowest BCUT2D eigenvalue weighted by Gasteiger charge is -2.12. The van der Waals surface area contributed by atoms with Crippen LogP contribution in [0.4, 0.5) is 5.95 Å². The zero-order valence-corrected chi connectivity index (χ0v) is 17.6. The minimum absolute atomic E-state index is 0.592.